The van der Waals surface area contributed by atoms with E-state index in [-0.39, 0.29) is 11.8 Å². The number of carbonyl (C=O) groups excluding carboxylic acids is 2. The molecule has 0 atom stereocenters. The van der Waals surface area contributed by atoms with Crippen LogP contribution in [-0.2, 0) is 9.59 Å². The van der Waals surface area contributed by atoms with Crippen LogP contribution in [0.3, 0.4) is 0 Å². The Labute approximate surface area is 183 Å². The minimum absolute atomic E-state index is 0.294. The van der Waals surface area contributed by atoms with Crippen LogP contribution >= 0.6 is 0 Å². The van der Waals surface area contributed by atoms with Crippen LogP contribution in [0.5, 0.6) is 11.5 Å². The van der Waals surface area contributed by atoms with Gasteiger partial charge >= 0.3 is 0 Å². The number of hydrogen-bond acceptors (Lipinski definition) is 5. The highest BCUT2D eigenvalue weighted by Crippen LogP contribution is 2.39. The number of carbonyl (C=O) groups is 2. The fourth-order valence-corrected chi connectivity index (χ4v) is 4.42. The van der Waals surface area contributed by atoms with Crippen molar-refractivity contribution in [2.75, 3.05) is 32.2 Å². The molecule has 162 valence electrons. The number of hydrogen-bond donors (Lipinski definition) is 0. The Hall–Kier alpha value is -3.28. The van der Waals surface area contributed by atoms with E-state index in [0.29, 0.717) is 28.5 Å². The summed E-state index contributed by atoms with van der Waals surface area (Å²) in [5, 5.41) is 0. The van der Waals surface area contributed by atoms with Gasteiger partial charge in [0.1, 0.15) is 17.2 Å². The summed E-state index contributed by atoms with van der Waals surface area (Å²) in [7, 11) is 3.09. The van der Waals surface area contributed by atoms with Gasteiger partial charge in [-0.3, -0.25) is 9.59 Å². The zero-order valence-electron chi connectivity index (χ0n) is 18.5. The Balaban J connectivity index is 1.86. The SMILES string of the molecule is COc1cc(OC)cc(N2C(=O)C(c3ccc(C)cc3C)=C(N3CCCCC3)C2=O)c1. The van der Waals surface area contributed by atoms with Gasteiger partial charge in [-0.1, -0.05) is 23.8 Å². The lowest BCUT2D eigenvalue weighted by molar-refractivity contribution is -0.120. The molecule has 2 aliphatic heterocycles. The molecule has 6 nitrogen and oxygen atoms in total. The summed E-state index contributed by atoms with van der Waals surface area (Å²) in [5.74, 6) is 0.439. The van der Waals surface area contributed by atoms with Crippen molar-refractivity contribution in [3.63, 3.8) is 0 Å². The molecule has 4 rings (SSSR count). The number of nitrogens with zero attached hydrogens (tertiary/aromatic N) is 2. The van der Waals surface area contributed by atoms with E-state index in [9.17, 15) is 9.59 Å². The number of amides is 2. The lowest BCUT2D eigenvalue weighted by Gasteiger charge is -2.29. The predicted octanol–water partition coefficient (Wildman–Crippen LogP) is 4.09. The van der Waals surface area contributed by atoms with E-state index in [4.69, 9.17) is 9.47 Å². The zero-order valence-corrected chi connectivity index (χ0v) is 18.5. The number of ether oxygens (including phenoxy) is 2. The molecule has 0 unspecified atom stereocenters. The highest BCUT2D eigenvalue weighted by Gasteiger charge is 2.43. The predicted molar refractivity (Wildman–Crippen MR) is 120 cm³/mol. The van der Waals surface area contributed by atoms with Crippen molar-refractivity contribution in [1.82, 2.24) is 4.90 Å². The number of aryl methyl sites for hydroxylation is 2. The quantitative estimate of drug-likeness (QED) is 0.682. The summed E-state index contributed by atoms with van der Waals surface area (Å²) >= 11 is 0. The van der Waals surface area contributed by atoms with Crippen molar-refractivity contribution < 1.29 is 19.1 Å². The topological polar surface area (TPSA) is 59.1 Å². The molecule has 0 aliphatic carbocycles. The molecule has 0 spiro atoms. The molecule has 1 fully saturated rings. The van der Waals surface area contributed by atoms with Crippen molar-refractivity contribution in [3.8, 4) is 11.5 Å². The van der Waals surface area contributed by atoms with Gasteiger partial charge in [0.15, 0.2) is 0 Å². The number of likely N-dealkylation sites (tertiary alicyclic amines) is 1. The molecule has 2 amide bonds. The molecule has 0 bridgehead atoms. The van der Waals surface area contributed by atoms with E-state index in [0.717, 1.165) is 49.0 Å². The van der Waals surface area contributed by atoms with Gasteiger partial charge in [-0.15, -0.1) is 0 Å². The second-order valence-electron chi connectivity index (χ2n) is 8.11. The van der Waals surface area contributed by atoms with Gasteiger partial charge in [-0.25, -0.2) is 4.90 Å². The Bertz CT molecular complexity index is 1040. The Morgan fingerprint density at radius 3 is 2.03 bits per heavy atom. The number of benzene rings is 2. The normalized spacial score (nSPS) is 16.9. The van der Waals surface area contributed by atoms with Gasteiger partial charge < -0.3 is 14.4 Å². The highest BCUT2D eigenvalue weighted by atomic mass is 16.5. The molecule has 0 radical (unpaired) electrons. The van der Waals surface area contributed by atoms with Gasteiger partial charge in [0.05, 0.1) is 25.5 Å². The average molecular weight is 421 g/mol. The fourth-order valence-electron chi connectivity index (χ4n) is 4.42. The van der Waals surface area contributed by atoms with Gasteiger partial charge in [0.2, 0.25) is 0 Å². The third kappa shape index (κ3) is 3.78. The van der Waals surface area contributed by atoms with Crippen LogP contribution < -0.4 is 14.4 Å². The number of rotatable bonds is 5. The molecule has 2 heterocycles. The van der Waals surface area contributed by atoms with Gasteiger partial charge in [0, 0.05) is 31.3 Å². The molecule has 31 heavy (non-hydrogen) atoms. The van der Waals surface area contributed by atoms with Crippen molar-refractivity contribution in [3.05, 3.63) is 58.8 Å². The minimum atomic E-state index is -0.312. The number of piperidine rings is 1. The van der Waals surface area contributed by atoms with Gasteiger partial charge in [-0.05, 0) is 44.2 Å². The smallest absolute Gasteiger partial charge is 0.282 e. The molecular weight excluding hydrogens is 392 g/mol. The lowest BCUT2D eigenvalue weighted by atomic mass is 9.96. The zero-order chi connectivity index (χ0) is 22.1. The highest BCUT2D eigenvalue weighted by molar-refractivity contribution is 6.45. The molecule has 0 saturated carbocycles. The second-order valence-corrected chi connectivity index (χ2v) is 8.11. The maximum absolute atomic E-state index is 13.7. The maximum Gasteiger partial charge on any atom is 0.282 e. The van der Waals surface area contributed by atoms with Crippen LogP contribution in [0.25, 0.3) is 5.57 Å². The Morgan fingerprint density at radius 1 is 0.806 bits per heavy atom. The molecule has 0 N–H and O–H groups in total. The monoisotopic (exact) mass is 420 g/mol. The van der Waals surface area contributed by atoms with E-state index in [1.54, 1.807) is 32.4 Å². The van der Waals surface area contributed by atoms with E-state index in [1.165, 1.54) is 4.90 Å². The molecule has 2 aromatic rings. The first-order chi connectivity index (χ1) is 14.9. The lowest BCUT2D eigenvalue weighted by Crippen LogP contribution is -2.37. The third-order valence-electron chi connectivity index (χ3n) is 5.98. The number of anilines is 1. The Kier molecular flexibility index (Phi) is 5.72. The van der Waals surface area contributed by atoms with Crippen LogP contribution in [0, 0.1) is 13.8 Å². The van der Waals surface area contributed by atoms with Crippen molar-refractivity contribution in [1.29, 1.82) is 0 Å². The average Bonchev–Trinajstić information content (AvgIpc) is 3.03. The first kappa shape index (κ1) is 21.0. The molecule has 2 aromatic carbocycles. The van der Waals surface area contributed by atoms with Crippen LogP contribution in [0.2, 0.25) is 0 Å². The van der Waals surface area contributed by atoms with E-state index in [1.807, 2.05) is 32.0 Å². The Morgan fingerprint density at radius 2 is 1.45 bits per heavy atom. The summed E-state index contributed by atoms with van der Waals surface area (Å²) in [4.78, 5) is 30.8. The van der Waals surface area contributed by atoms with Crippen molar-refractivity contribution in [2.45, 2.75) is 33.1 Å². The van der Waals surface area contributed by atoms with Crippen LogP contribution in [0.1, 0.15) is 36.0 Å². The van der Waals surface area contributed by atoms with Crippen LogP contribution in [0.4, 0.5) is 5.69 Å². The summed E-state index contributed by atoms with van der Waals surface area (Å²) in [6, 6.07) is 11.1. The maximum atomic E-state index is 13.7. The number of methoxy groups -OCH3 is 2. The molecule has 1 saturated heterocycles. The summed E-state index contributed by atoms with van der Waals surface area (Å²) in [5.41, 5.74) is 4.33. The molecular formula is C25H28N2O4. The number of imide groups is 1. The first-order valence-electron chi connectivity index (χ1n) is 10.6. The third-order valence-corrected chi connectivity index (χ3v) is 5.98. The molecule has 2 aliphatic rings. The van der Waals surface area contributed by atoms with E-state index >= 15 is 0 Å². The summed E-state index contributed by atoms with van der Waals surface area (Å²) < 4.78 is 10.7. The molecule has 6 heteroatoms. The van der Waals surface area contributed by atoms with Crippen LogP contribution in [-0.4, -0.2) is 44.0 Å². The summed E-state index contributed by atoms with van der Waals surface area (Å²) in [6.45, 7) is 5.56. The fraction of sp³-hybridized carbons (Fsp3) is 0.360. The van der Waals surface area contributed by atoms with E-state index < -0.39 is 0 Å². The van der Waals surface area contributed by atoms with Gasteiger partial charge in [-0.2, -0.15) is 0 Å². The largest absolute Gasteiger partial charge is 0.497 e. The van der Waals surface area contributed by atoms with Gasteiger partial charge in [0.25, 0.3) is 11.8 Å². The first-order valence-corrected chi connectivity index (χ1v) is 10.6. The minimum Gasteiger partial charge on any atom is -0.497 e. The standard InChI is InChI=1S/C25H28N2O4/c1-16-8-9-21(17(2)12-16)22-23(26-10-6-5-7-11-26)25(29)27(24(22)28)18-13-19(30-3)15-20(14-18)31-4/h8-9,12-15H,5-7,10-11H2,1-4H3. The van der Waals surface area contributed by atoms with E-state index in [2.05, 4.69) is 4.90 Å². The van der Waals surface area contributed by atoms with Crippen molar-refractivity contribution >= 4 is 23.1 Å². The summed E-state index contributed by atoms with van der Waals surface area (Å²) in [6.07, 6.45) is 3.16. The van der Waals surface area contributed by atoms with Crippen molar-refractivity contribution in [2.24, 2.45) is 0 Å². The second kappa shape index (κ2) is 8.46. The molecule has 0 aromatic heterocycles. The van der Waals surface area contributed by atoms with Crippen LogP contribution in [0.15, 0.2) is 42.1 Å².